The zero-order valence-corrected chi connectivity index (χ0v) is 17.4. The van der Waals surface area contributed by atoms with E-state index >= 15 is 0 Å². The summed E-state index contributed by atoms with van der Waals surface area (Å²) in [5.74, 6) is 0.413. The average molecular weight is 404 g/mol. The minimum atomic E-state index is -0.866. The first-order valence-electron chi connectivity index (χ1n) is 9.68. The van der Waals surface area contributed by atoms with E-state index < -0.39 is 5.60 Å². The molecule has 1 aliphatic rings. The highest BCUT2D eigenvalue weighted by Crippen LogP contribution is 2.36. The van der Waals surface area contributed by atoms with Gasteiger partial charge in [0.25, 0.3) is 5.91 Å². The predicted molar refractivity (Wildman–Crippen MR) is 116 cm³/mol. The van der Waals surface area contributed by atoms with Crippen LogP contribution >= 0.6 is 0 Å². The molecule has 3 N–H and O–H groups in total. The van der Waals surface area contributed by atoms with Crippen LogP contribution in [0.15, 0.2) is 48.7 Å². The van der Waals surface area contributed by atoms with E-state index in [9.17, 15) is 9.90 Å². The topological polar surface area (TPSA) is 105 Å². The van der Waals surface area contributed by atoms with E-state index in [0.29, 0.717) is 29.3 Å². The van der Waals surface area contributed by atoms with E-state index in [1.807, 2.05) is 26.0 Å². The summed E-state index contributed by atoms with van der Waals surface area (Å²) in [5, 5.41) is 20.5. The van der Waals surface area contributed by atoms with Crippen molar-refractivity contribution in [3.63, 3.8) is 0 Å². The number of hydrogen-bond donors (Lipinski definition) is 3. The van der Waals surface area contributed by atoms with Gasteiger partial charge >= 0.3 is 0 Å². The fourth-order valence-electron chi connectivity index (χ4n) is 3.49. The lowest BCUT2D eigenvalue weighted by molar-refractivity contribution is -0.110. The van der Waals surface area contributed by atoms with Gasteiger partial charge in [0.2, 0.25) is 0 Å². The van der Waals surface area contributed by atoms with E-state index in [-0.39, 0.29) is 5.91 Å². The molecule has 0 radical (unpaired) electrons. The molecular weight excluding hydrogens is 380 g/mol. The second kappa shape index (κ2) is 7.38. The smallest absolute Gasteiger partial charge is 0.258 e. The van der Waals surface area contributed by atoms with E-state index in [1.165, 1.54) is 0 Å². The molecule has 0 aliphatic carbocycles. The molecule has 0 fully saturated rings. The maximum Gasteiger partial charge on any atom is 0.258 e. The van der Waals surface area contributed by atoms with Gasteiger partial charge in [0, 0.05) is 41.5 Å². The normalized spacial score (nSPS) is 15.0. The summed E-state index contributed by atoms with van der Waals surface area (Å²) in [6.07, 6.45) is 6.98. The third-order valence-electron chi connectivity index (χ3n) is 4.84. The lowest BCUT2D eigenvalue weighted by Crippen LogP contribution is -2.26. The number of anilines is 2. The van der Waals surface area contributed by atoms with Crippen molar-refractivity contribution < 1.29 is 9.90 Å². The first-order valence-corrected chi connectivity index (χ1v) is 9.68. The Morgan fingerprint density at radius 3 is 2.80 bits per heavy atom. The number of aryl methyl sites for hydroxylation is 1. The Morgan fingerprint density at radius 1 is 1.27 bits per heavy atom. The number of aliphatic hydroxyl groups is 1. The van der Waals surface area contributed by atoms with E-state index in [2.05, 4.69) is 25.7 Å². The van der Waals surface area contributed by atoms with Gasteiger partial charge in [0.05, 0.1) is 35.3 Å². The van der Waals surface area contributed by atoms with Gasteiger partial charge in [0.15, 0.2) is 5.82 Å². The number of fused-ring (bicyclic) bond motifs is 1. The van der Waals surface area contributed by atoms with Crippen molar-refractivity contribution in [2.75, 3.05) is 10.6 Å². The molecule has 4 rings (SSSR count). The standard InChI is InChI=1S/C22H24N6O2/c1-13-5-7-23-10-16(13)17-9-15-18(11-24-17)26-21(29)20(15)14(2)25-19-6-8-28(27-19)12-22(3,4)30/h5-11,30H,12H2,1-4H3,(H,25,27)(H,26,29)/b20-14-. The molecule has 8 nitrogen and oxygen atoms in total. The second-order valence-corrected chi connectivity index (χ2v) is 8.10. The number of hydrogen-bond acceptors (Lipinski definition) is 6. The van der Waals surface area contributed by atoms with Gasteiger partial charge in [-0.3, -0.25) is 19.4 Å². The molecule has 3 aromatic rings. The molecule has 1 amide bonds. The second-order valence-electron chi connectivity index (χ2n) is 8.10. The molecule has 0 saturated heterocycles. The van der Waals surface area contributed by atoms with Crippen LogP contribution < -0.4 is 10.6 Å². The van der Waals surface area contributed by atoms with Crippen molar-refractivity contribution in [2.24, 2.45) is 0 Å². The summed E-state index contributed by atoms with van der Waals surface area (Å²) in [5.41, 5.74) is 4.57. The average Bonchev–Trinajstić information content (AvgIpc) is 3.22. The summed E-state index contributed by atoms with van der Waals surface area (Å²) in [7, 11) is 0. The molecule has 0 bridgehead atoms. The van der Waals surface area contributed by atoms with E-state index in [0.717, 1.165) is 22.4 Å². The molecule has 3 aromatic heterocycles. The van der Waals surface area contributed by atoms with Crippen LogP contribution in [0.5, 0.6) is 0 Å². The number of rotatable bonds is 5. The monoisotopic (exact) mass is 404 g/mol. The first-order chi connectivity index (χ1) is 14.2. The number of carbonyl (C=O) groups is 1. The number of amides is 1. The molecule has 1 aliphatic heterocycles. The molecule has 0 unspecified atom stereocenters. The molecule has 154 valence electrons. The summed E-state index contributed by atoms with van der Waals surface area (Å²) >= 11 is 0. The van der Waals surface area contributed by atoms with Gasteiger partial charge < -0.3 is 15.7 Å². The van der Waals surface area contributed by atoms with Crippen molar-refractivity contribution in [1.29, 1.82) is 0 Å². The number of carbonyl (C=O) groups excluding carboxylic acids is 1. The van der Waals surface area contributed by atoms with Crippen molar-refractivity contribution >= 4 is 23.0 Å². The van der Waals surface area contributed by atoms with Gasteiger partial charge in [-0.15, -0.1) is 0 Å². The Bertz CT molecular complexity index is 1160. The SMILES string of the molecule is C/C(Nc1ccn(CC(C)(C)O)n1)=C1/C(=O)Nc2cnc(-c3cnccc3C)cc21. The third-order valence-corrected chi connectivity index (χ3v) is 4.84. The van der Waals surface area contributed by atoms with Gasteiger partial charge in [-0.05, 0) is 45.4 Å². The summed E-state index contributed by atoms with van der Waals surface area (Å²) in [6.45, 7) is 7.67. The largest absolute Gasteiger partial charge is 0.389 e. The Labute approximate surface area is 174 Å². The summed E-state index contributed by atoms with van der Waals surface area (Å²) in [6, 6.07) is 5.65. The van der Waals surface area contributed by atoms with Crippen LogP contribution in [0.4, 0.5) is 11.5 Å². The maximum absolute atomic E-state index is 12.7. The van der Waals surface area contributed by atoms with Crippen LogP contribution in [-0.2, 0) is 11.3 Å². The quantitative estimate of drug-likeness (QED) is 0.564. The van der Waals surface area contributed by atoms with Gasteiger partial charge in [-0.25, -0.2) is 0 Å². The number of nitrogens with one attached hydrogen (secondary N) is 2. The van der Waals surface area contributed by atoms with Gasteiger partial charge in [-0.1, -0.05) is 0 Å². The van der Waals surface area contributed by atoms with E-state index in [4.69, 9.17) is 0 Å². The lowest BCUT2D eigenvalue weighted by Gasteiger charge is -2.16. The van der Waals surface area contributed by atoms with E-state index in [1.54, 1.807) is 49.4 Å². The highest BCUT2D eigenvalue weighted by Gasteiger charge is 2.28. The zero-order chi connectivity index (χ0) is 21.5. The highest BCUT2D eigenvalue weighted by molar-refractivity contribution is 6.32. The summed E-state index contributed by atoms with van der Waals surface area (Å²) < 4.78 is 1.66. The number of pyridine rings is 2. The minimum Gasteiger partial charge on any atom is -0.389 e. The van der Waals surface area contributed by atoms with Crippen LogP contribution in [0, 0.1) is 6.92 Å². The zero-order valence-electron chi connectivity index (χ0n) is 17.4. The maximum atomic E-state index is 12.7. The van der Waals surface area contributed by atoms with Crippen LogP contribution in [0.25, 0.3) is 16.8 Å². The van der Waals surface area contributed by atoms with Gasteiger partial charge in [0.1, 0.15) is 0 Å². The fourth-order valence-corrected chi connectivity index (χ4v) is 3.49. The Morgan fingerprint density at radius 2 is 2.07 bits per heavy atom. The molecular formula is C22H24N6O2. The molecule has 0 saturated carbocycles. The van der Waals surface area contributed by atoms with Crippen molar-refractivity contribution in [3.05, 3.63) is 59.8 Å². The molecule has 4 heterocycles. The number of nitrogens with zero attached hydrogens (tertiary/aromatic N) is 4. The van der Waals surface area contributed by atoms with Crippen molar-refractivity contribution in [3.8, 4) is 11.3 Å². The van der Waals surface area contributed by atoms with Crippen LogP contribution in [-0.4, -0.2) is 36.4 Å². The fraction of sp³-hybridized carbons (Fsp3) is 0.273. The Kier molecular flexibility index (Phi) is 4.87. The van der Waals surface area contributed by atoms with Crippen LogP contribution in [0.3, 0.4) is 0 Å². The molecule has 0 aromatic carbocycles. The predicted octanol–water partition coefficient (Wildman–Crippen LogP) is 3.21. The third kappa shape index (κ3) is 3.95. The highest BCUT2D eigenvalue weighted by atomic mass is 16.3. The number of aromatic nitrogens is 4. The molecule has 0 atom stereocenters. The Hall–Kier alpha value is -3.52. The summed E-state index contributed by atoms with van der Waals surface area (Å²) in [4.78, 5) is 21.3. The molecule has 30 heavy (non-hydrogen) atoms. The van der Waals surface area contributed by atoms with Crippen LogP contribution in [0.1, 0.15) is 31.9 Å². The minimum absolute atomic E-state index is 0.187. The molecule has 8 heteroatoms. The number of allylic oxidation sites excluding steroid dienone is 1. The first kappa shape index (κ1) is 19.8. The van der Waals surface area contributed by atoms with Gasteiger partial charge in [-0.2, -0.15) is 5.10 Å². The Balaban J connectivity index is 1.67. The van der Waals surface area contributed by atoms with Crippen LogP contribution in [0.2, 0.25) is 0 Å². The lowest BCUT2D eigenvalue weighted by atomic mass is 10.0. The van der Waals surface area contributed by atoms with Crippen molar-refractivity contribution in [2.45, 2.75) is 39.8 Å². The molecule has 0 spiro atoms. The van der Waals surface area contributed by atoms with Crippen molar-refractivity contribution in [1.82, 2.24) is 19.7 Å².